The summed E-state index contributed by atoms with van der Waals surface area (Å²) < 4.78 is 5.16. The van der Waals surface area contributed by atoms with Crippen molar-refractivity contribution in [2.75, 3.05) is 13.7 Å². The average molecular weight is 292 g/mol. The lowest BCUT2D eigenvalue weighted by Gasteiger charge is -2.37. The first-order chi connectivity index (χ1) is 9.74. The third-order valence-corrected chi connectivity index (χ3v) is 4.34. The molecule has 1 atom stereocenters. The lowest BCUT2D eigenvalue weighted by atomic mass is 10.0. The SMILES string of the molecule is CCC1CCCCN1C(=S)NCc1ccc(OC)cc1. The van der Waals surface area contributed by atoms with Gasteiger partial charge in [0.2, 0.25) is 0 Å². The zero-order valence-electron chi connectivity index (χ0n) is 12.4. The second kappa shape index (κ2) is 7.48. The maximum absolute atomic E-state index is 5.56. The predicted molar refractivity (Wildman–Crippen MR) is 87.1 cm³/mol. The number of benzene rings is 1. The van der Waals surface area contributed by atoms with Crippen LogP contribution in [0.1, 0.15) is 38.2 Å². The minimum Gasteiger partial charge on any atom is -0.497 e. The minimum absolute atomic E-state index is 0.611. The van der Waals surface area contributed by atoms with Crippen LogP contribution in [0.2, 0.25) is 0 Å². The number of ether oxygens (including phenoxy) is 1. The lowest BCUT2D eigenvalue weighted by molar-refractivity contribution is 0.233. The zero-order valence-corrected chi connectivity index (χ0v) is 13.2. The molecule has 110 valence electrons. The summed E-state index contributed by atoms with van der Waals surface area (Å²) in [5.41, 5.74) is 1.22. The molecule has 0 saturated carbocycles. The second-order valence-electron chi connectivity index (χ2n) is 5.26. The molecular formula is C16H24N2OS. The highest BCUT2D eigenvalue weighted by Gasteiger charge is 2.22. The van der Waals surface area contributed by atoms with Crippen LogP contribution in [0.3, 0.4) is 0 Å². The fourth-order valence-corrected chi connectivity index (χ4v) is 3.03. The van der Waals surface area contributed by atoms with E-state index in [2.05, 4.69) is 29.3 Å². The molecule has 2 rings (SSSR count). The summed E-state index contributed by atoms with van der Waals surface area (Å²) in [6.45, 7) is 4.11. The Labute approximate surface area is 127 Å². The summed E-state index contributed by atoms with van der Waals surface area (Å²) in [6, 6.07) is 8.72. The van der Waals surface area contributed by atoms with E-state index in [9.17, 15) is 0 Å². The highest BCUT2D eigenvalue weighted by atomic mass is 32.1. The molecule has 1 heterocycles. The first kappa shape index (κ1) is 15.1. The maximum atomic E-state index is 5.56. The van der Waals surface area contributed by atoms with Crippen LogP contribution in [0.15, 0.2) is 24.3 Å². The molecule has 1 fully saturated rings. The number of thiocarbonyl (C=S) groups is 1. The van der Waals surface area contributed by atoms with Crippen molar-refractivity contribution in [3.63, 3.8) is 0 Å². The van der Waals surface area contributed by atoms with Gasteiger partial charge in [0.15, 0.2) is 5.11 Å². The van der Waals surface area contributed by atoms with E-state index in [1.807, 2.05) is 12.1 Å². The number of nitrogens with zero attached hydrogens (tertiary/aromatic N) is 1. The summed E-state index contributed by atoms with van der Waals surface area (Å²) in [6.07, 6.45) is 5.02. The Bertz CT molecular complexity index is 433. The van der Waals surface area contributed by atoms with Crippen molar-refractivity contribution in [2.24, 2.45) is 0 Å². The van der Waals surface area contributed by atoms with Crippen LogP contribution in [0.25, 0.3) is 0 Å². The number of piperidine rings is 1. The molecule has 1 unspecified atom stereocenters. The van der Waals surface area contributed by atoms with Gasteiger partial charge in [-0.25, -0.2) is 0 Å². The van der Waals surface area contributed by atoms with E-state index in [0.717, 1.165) is 24.0 Å². The fourth-order valence-electron chi connectivity index (χ4n) is 2.72. The molecule has 0 aromatic heterocycles. The van der Waals surface area contributed by atoms with Crippen molar-refractivity contribution in [1.29, 1.82) is 0 Å². The van der Waals surface area contributed by atoms with Gasteiger partial charge in [0, 0.05) is 19.1 Å². The standard InChI is InChI=1S/C16H24N2OS/c1-3-14-6-4-5-11-18(14)16(20)17-12-13-7-9-15(19-2)10-8-13/h7-10,14H,3-6,11-12H2,1-2H3,(H,17,20). The van der Waals surface area contributed by atoms with Gasteiger partial charge >= 0.3 is 0 Å². The molecule has 3 nitrogen and oxygen atoms in total. The van der Waals surface area contributed by atoms with Gasteiger partial charge in [0.25, 0.3) is 0 Å². The third-order valence-electron chi connectivity index (χ3n) is 3.96. The summed E-state index contributed by atoms with van der Waals surface area (Å²) >= 11 is 5.56. The molecule has 0 radical (unpaired) electrons. The average Bonchev–Trinajstić information content (AvgIpc) is 2.53. The normalized spacial score (nSPS) is 18.7. The Morgan fingerprint density at radius 2 is 2.10 bits per heavy atom. The molecule has 1 aliphatic rings. The monoisotopic (exact) mass is 292 g/mol. The predicted octanol–water partition coefficient (Wildman–Crippen LogP) is 3.33. The Hall–Kier alpha value is -1.29. The van der Waals surface area contributed by atoms with Gasteiger partial charge < -0.3 is 15.0 Å². The molecule has 1 aromatic carbocycles. The van der Waals surface area contributed by atoms with E-state index in [4.69, 9.17) is 17.0 Å². The Balaban J connectivity index is 1.87. The Kier molecular flexibility index (Phi) is 5.65. The van der Waals surface area contributed by atoms with Crippen molar-refractivity contribution in [3.05, 3.63) is 29.8 Å². The van der Waals surface area contributed by atoms with Crippen LogP contribution in [0.5, 0.6) is 5.75 Å². The van der Waals surface area contributed by atoms with E-state index >= 15 is 0 Å². The van der Waals surface area contributed by atoms with Crippen molar-refractivity contribution < 1.29 is 4.74 Å². The largest absolute Gasteiger partial charge is 0.497 e. The molecule has 4 heteroatoms. The first-order valence-corrected chi connectivity index (χ1v) is 7.82. The quantitative estimate of drug-likeness (QED) is 0.860. The molecule has 1 aliphatic heterocycles. The topological polar surface area (TPSA) is 24.5 Å². The Morgan fingerprint density at radius 3 is 2.75 bits per heavy atom. The highest BCUT2D eigenvalue weighted by molar-refractivity contribution is 7.80. The zero-order chi connectivity index (χ0) is 14.4. The smallest absolute Gasteiger partial charge is 0.169 e. The number of hydrogen-bond donors (Lipinski definition) is 1. The minimum atomic E-state index is 0.611. The van der Waals surface area contributed by atoms with Crippen molar-refractivity contribution in [3.8, 4) is 5.75 Å². The van der Waals surface area contributed by atoms with Crippen LogP contribution >= 0.6 is 12.2 Å². The number of likely N-dealkylation sites (tertiary alicyclic amines) is 1. The van der Waals surface area contributed by atoms with Gasteiger partial charge in [-0.1, -0.05) is 19.1 Å². The molecular weight excluding hydrogens is 268 g/mol. The van der Waals surface area contributed by atoms with E-state index in [0.29, 0.717) is 6.04 Å². The van der Waals surface area contributed by atoms with Gasteiger partial charge in [0.05, 0.1) is 7.11 Å². The van der Waals surface area contributed by atoms with Crippen molar-refractivity contribution in [1.82, 2.24) is 10.2 Å². The van der Waals surface area contributed by atoms with Crippen LogP contribution in [-0.4, -0.2) is 29.7 Å². The summed E-state index contributed by atoms with van der Waals surface area (Å²) in [5, 5.41) is 4.28. The van der Waals surface area contributed by atoms with E-state index in [-0.39, 0.29) is 0 Å². The molecule has 1 N–H and O–H groups in total. The number of hydrogen-bond acceptors (Lipinski definition) is 2. The van der Waals surface area contributed by atoms with Crippen LogP contribution in [-0.2, 0) is 6.54 Å². The van der Waals surface area contributed by atoms with E-state index in [1.54, 1.807) is 7.11 Å². The molecule has 1 aromatic rings. The van der Waals surface area contributed by atoms with Crippen molar-refractivity contribution in [2.45, 2.75) is 45.2 Å². The molecule has 0 amide bonds. The Morgan fingerprint density at radius 1 is 1.35 bits per heavy atom. The van der Waals surface area contributed by atoms with Gasteiger partial charge in [0.1, 0.15) is 5.75 Å². The van der Waals surface area contributed by atoms with E-state index in [1.165, 1.54) is 31.2 Å². The summed E-state index contributed by atoms with van der Waals surface area (Å²) in [4.78, 5) is 2.36. The van der Waals surface area contributed by atoms with Crippen LogP contribution < -0.4 is 10.1 Å². The van der Waals surface area contributed by atoms with Gasteiger partial charge in [-0.15, -0.1) is 0 Å². The number of rotatable bonds is 4. The van der Waals surface area contributed by atoms with E-state index < -0.39 is 0 Å². The first-order valence-electron chi connectivity index (χ1n) is 7.42. The van der Waals surface area contributed by atoms with Crippen LogP contribution in [0.4, 0.5) is 0 Å². The maximum Gasteiger partial charge on any atom is 0.169 e. The molecule has 0 bridgehead atoms. The lowest BCUT2D eigenvalue weighted by Crippen LogP contribution is -2.48. The molecule has 0 aliphatic carbocycles. The van der Waals surface area contributed by atoms with Crippen molar-refractivity contribution >= 4 is 17.3 Å². The fraction of sp³-hybridized carbons (Fsp3) is 0.562. The summed E-state index contributed by atoms with van der Waals surface area (Å²) in [7, 11) is 1.68. The third kappa shape index (κ3) is 3.85. The molecule has 20 heavy (non-hydrogen) atoms. The van der Waals surface area contributed by atoms with Gasteiger partial charge in [-0.3, -0.25) is 0 Å². The van der Waals surface area contributed by atoms with Gasteiger partial charge in [-0.2, -0.15) is 0 Å². The highest BCUT2D eigenvalue weighted by Crippen LogP contribution is 2.19. The summed E-state index contributed by atoms with van der Waals surface area (Å²) in [5.74, 6) is 0.887. The second-order valence-corrected chi connectivity index (χ2v) is 5.64. The number of methoxy groups -OCH3 is 1. The van der Waals surface area contributed by atoms with Crippen LogP contribution in [0, 0.1) is 0 Å². The molecule has 0 spiro atoms. The molecule has 1 saturated heterocycles. The van der Waals surface area contributed by atoms with Gasteiger partial charge in [-0.05, 0) is 55.6 Å². The number of nitrogens with one attached hydrogen (secondary N) is 1.